The number of hydrogen-bond donors (Lipinski definition) is 1. The number of likely N-dealkylation sites (tertiary alicyclic amines) is 1. The fourth-order valence-corrected chi connectivity index (χ4v) is 4.80. The minimum atomic E-state index is -0.668. The molecule has 2 saturated heterocycles. The summed E-state index contributed by atoms with van der Waals surface area (Å²) in [5.41, 5.74) is 0.762. The summed E-state index contributed by atoms with van der Waals surface area (Å²) in [6.45, 7) is 3.25. The Balaban J connectivity index is 1.07. The van der Waals surface area contributed by atoms with Crippen LogP contribution in [0, 0.1) is 5.92 Å². The van der Waals surface area contributed by atoms with Crippen LogP contribution in [0.2, 0.25) is 0 Å². The van der Waals surface area contributed by atoms with Crippen molar-refractivity contribution in [1.29, 1.82) is 0 Å². The van der Waals surface area contributed by atoms with Crippen molar-refractivity contribution in [2.45, 2.75) is 18.9 Å². The van der Waals surface area contributed by atoms with Crippen molar-refractivity contribution < 1.29 is 23.9 Å². The third-order valence-corrected chi connectivity index (χ3v) is 6.84. The molecule has 0 aromatic heterocycles. The van der Waals surface area contributed by atoms with Crippen LogP contribution in [0.15, 0.2) is 54.6 Å². The molecule has 1 atom stereocenters. The fraction of sp³-hybridized carbons (Fsp3) is 0.423. The van der Waals surface area contributed by atoms with Crippen LogP contribution in [0.1, 0.15) is 12.8 Å². The molecule has 35 heavy (non-hydrogen) atoms. The maximum Gasteiger partial charge on any atom is 0.321 e. The number of carbonyl (C=O) groups is 3. The van der Waals surface area contributed by atoms with E-state index < -0.39 is 6.10 Å². The van der Waals surface area contributed by atoms with Gasteiger partial charge in [-0.2, -0.15) is 0 Å². The quantitative estimate of drug-likeness (QED) is 0.732. The minimum absolute atomic E-state index is 0.0930. The highest BCUT2D eigenvalue weighted by molar-refractivity contribution is 5.89. The number of benzene rings is 2. The van der Waals surface area contributed by atoms with Gasteiger partial charge in [0.25, 0.3) is 5.91 Å². The summed E-state index contributed by atoms with van der Waals surface area (Å²) in [7, 11) is 0. The van der Waals surface area contributed by atoms with E-state index in [1.54, 1.807) is 15.9 Å². The monoisotopic (exact) mass is 478 g/mol. The lowest BCUT2D eigenvalue weighted by molar-refractivity contribution is -0.148. The summed E-state index contributed by atoms with van der Waals surface area (Å²) in [5, 5.41) is 2.90. The summed E-state index contributed by atoms with van der Waals surface area (Å²) in [6, 6.07) is 16.6. The Morgan fingerprint density at radius 2 is 1.31 bits per heavy atom. The van der Waals surface area contributed by atoms with Crippen molar-refractivity contribution in [2.75, 3.05) is 51.2 Å². The van der Waals surface area contributed by atoms with Crippen molar-refractivity contribution in [1.82, 2.24) is 14.7 Å². The van der Waals surface area contributed by atoms with E-state index in [1.165, 1.54) is 0 Å². The highest BCUT2D eigenvalue weighted by Crippen LogP contribution is 2.31. The van der Waals surface area contributed by atoms with Gasteiger partial charge in [0.15, 0.2) is 11.5 Å². The fourth-order valence-electron chi connectivity index (χ4n) is 4.80. The molecule has 0 spiro atoms. The number of ether oxygens (including phenoxy) is 2. The molecule has 0 saturated carbocycles. The number of hydrogen-bond acceptors (Lipinski definition) is 5. The van der Waals surface area contributed by atoms with E-state index in [4.69, 9.17) is 9.47 Å². The van der Waals surface area contributed by atoms with Crippen LogP contribution in [-0.2, 0) is 9.59 Å². The third-order valence-electron chi connectivity index (χ3n) is 6.84. The predicted octanol–water partition coefficient (Wildman–Crippen LogP) is 2.44. The Kier molecular flexibility index (Phi) is 6.74. The van der Waals surface area contributed by atoms with E-state index in [0.29, 0.717) is 63.6 Å². The number of piperazine rings is 1. The van der Waals surface area contributed by atoms with E-state index in [1.807, 2.05) is 53.4 Å². The van der Waals surface area contributed by atoms with Gasteiger partial charge in [0, 0.05) is 50.9 Å². The lowest BCUT2D eigenvalue weighted by Gasteiger charge is -2.39. The minimum Gasteiger partial charge on any atom is -0.485 e. The van der Waals surface area contributed by atoms with E-state index >= 15 is 0 Å². The molecule has 184 valence electrons. The summed E-state index contributed by atoms with van der Waals surface area (Å²) < 4.78 is 11.5. The highest BCUT2D eigenvalue weighted by Gasteiger charge is 2.35. The highest BCUT2D eigenvalue weighted by atomic mass is 16.6. The molecule has 0 unspecified atom stereocenters. The van der Waals surface area contributed by atoms with Crippen LogP contribution in [0.25, 0.3) is 0 Å². The second-order valence-electron chi connectivity index (χ2n) is 9.07. The number of nitrogens with zero attached hydrogens (tertiary/aromatic N) is 3. The molecule has 3 heterocycles. The summed E-state index contributed by atoms with van der Waals surface area (Å²) in [6.07, 6.45) is 0.623. The number of urea groups is 1. The van der Waals surface area contributed by atoms with Crippen LogP contribution in [-0.4, -0.2) is 84.5 Å². The standard InChI is InChI=1S/C26H30N4O5/c31-24(19-10-12-30(13-11-19)26(33)27-20-6-2-1-3-7-20)28-14-16-29(17-15-28)25(32)23-18-34-21-8-4-5-9-22(21)35-23/h1-9,19,23H,10-18H2,(H,27,33)/t23-/m1/s1. The average Bonchev–Trinajstić information content (AvgIpc) is 2.92. The number of rotatable bonds is 3. The van der Waals surface area contributed by atoms with Gasteiger partial charge in [-0.15, -0.1) is 0 Å². The number of amides is 4. The zero-order valence-corrected chi connectivity index (χ0v) is 19.6. The largest absolute Gasteiger partial charge is 0.485 e. The second-order valence-corrected chi connectivity index (χ2v) is 9.07. The molecular formula is C26H30N4O5. The molecule has 2 aromatic rings. The van der Waals surface area contributed by atoms with Gasteiger partial charge in [0.2, 0.25) is 12.0 Å². The Hall–Kier alpha value is -3.75. The maximum atomic E-state index is 13.1. The van der Waals surface area contributed by atoms with Crippen LogP contribution < -0.4 is 14.8 Å². The van der Waals surface area contributed by atoms with Gasteiger partial charge in [0.1, 0.15) is 6.61 Å². The van der Waals surface area contributed by atoms with E-state index in [-0.39, 0.29) is 30.4 Å². The van der Waals surface area contributed by atoms with Gasteiger partial charge in [-0.3, -0.25) is 9.59 Å². The predicted molar refractivity (Wildman–Crippen MR) is 129 cm³/mol. The molecule has 1 N–H and O–H groups in total. The van der Waals surface area contributed by atoms with Crippen LogP contribution >= 0.6 is 0 Å². The van der Waals surface area contributed by atoms with Gasteiger partial charge < -0.3 is 29.5 Å². The lowest BCUT2D eigenvalue weighted by Crippen LogP contribution is -2.56. The van der Waals surface area contributed by atoms with Crippen molar-refractivity contribution in [3.63, 3.8) is 0 Å². The molecule has 3 aliphatic rings. The molecule has 9 nitrogen and oxygen atoms in total. The Labute approximate surface area is 204 Å². The molecule has 3 aliphatic heterocycles. The maximum absolute atomic E-state index is 13.1. The first-order chi connectivity index (χ1) is 17.1. The molecule has 0 aliphatic carbocycles. The van der Waals surface area contributed by atoms with Crippen LogP contribution in [0.5, 0.6) is 11.5 Å². The van der Waals surface area contributed by atoms with Crippen molar-refractivity contribution in [3.05, 3.63) is 54.6 Å². The number of nitrogens with one attached hydrogen (secondary N) is 1. The van der Waals surface area contributed by atoms with Crippen molar-refractivity contribution >= 4 is 23.5 Å². The average molecular weight is 479 g/mol. The zero-order chi connectivity index (χ0) is 24.2. The molecule has 5 rings (SSSR count). The molecule has 9 heteroatoms. The first-order valence-corrected chi connectivity index (χ1v) is 12.2. The number of carbonyl (C=O) groups excluding carboxylic acids is 3. The van der Waals surface area contributed by atoms with E-state index in [9.17, 15) is 14.4 Å². The third kappa shape index (κ3) is 5.18. The summed E-state index contributed by atoms with van der Waals surface area (Å²) >= 11 is 0. The van der Waals surface area contributed by atoms with Crippen molar-refractivity contribution in [3.8, 4) is 11.5 Å². The Bertz CT molecular complexity index is 1060. The molecular weight excluding hydrogens is 448 g/mol. The van der Waals surface area contributed by atoms with Crippen LogP contribution in [0.4, 0.5) is 10.5 Å². The topological polar surface area (TPSA) is 91.4 Å². The first kappa shape index (κ1) is 23.0. The molecule has 0 radical (unpaired) electrons. The zero-order valence-electron chi connectivity index (χ0n) is 19.6. The smallest absolute Gasteiger partial charge is 0.321 e. The number of piperidine rings is 1. The first-order valence-electron chi connectivity index (χ1n) is 12.2. The van der Waals surface area contributed by atoms with E-state index in [2.05, 4.69) is 5.32 Å². The number of anilines is 1. The van der Waals surface area contributed by atoms with E-state index in [0.717, 1.165) is 5.69 Å². The van der Waals surface area contributed by atoms with Crippen molar-refractivity contribution in [2.24, 2.45) is 5.92 Å². The van der Waals surface area contributed by atoms with Gasteiger partial charge in [-0.05, 0) is 37.1 Å². The molecule has 4 amide bonds. The lowest BCUT2D eigenvalue weighted by atomic mass is 9.95. The molecule has 0 bridgehead atoms. The second kappa shape index (κ2) is 10.2. The Morgan fingerprint density at radius 3 is 2.00 bits per heavy atom. The molecule has 2 aromatic carbocycles. The summed E-state index contributed by atoms with van der Waals surface area (Å²) in [5.74, 6) is 1.14. The normalized spacial score (nSPS) is 20.3. The van der Waals surface area contributed by atoms with Gasteiger partial charge in [-0.1, -0.05) is 30.3 Å². The number of fused-ring (bicyclic) bond motifs is 1. The number of para-hydroxylation sites is 3. The molecule has 2 fully saturated rings. The SMILES string of the molecule is O=C(Nc1ccccc1)N1CCC(C(=O)N2CCN(C(=O)[C@H]3COc4ccccc4O3)CC2)CC1. The van der Waals surface area contributed by atoms with Gasteiger partial charge >= 0.3 is 6.03 Å². The Morgan fingerprint density at radius 1 is 0.714 bits per heavy atom. The summed E-state index contributed by atoms with van der Waals surface area (Å²) in [4.78, 5) is 43.9. The van der Waals surface area contributed by atoms with Gasteiger partial charge in [0.05, 0.1) is 0 Å². The van der Waals surface area contributed by atoms with Gasteiger partial charge in [-0.25, -0.2) is 4.79 Å². The van der Waals surface area contributed by atoms with Crippen LogP contribution in [0.3, 0.4) is 0 Å².